The molecule has 7 heteroatoms. The first-order valence-corrected chi connectivity index (χ1v) is 9.29. The Kier molecular flexibility index (Phi) is 7.02. The largest absolute Gasteiger partial charge is 0.492 e. The molecule has 23 heavy (non-hydrogen) atoms. The van der Waals surface area contributed by atoms with Crippen LogP contribution < -0.4 is 10.1 Å². The number of carbonyl (C=O) groups is 1. The number of ether oxygens (including phenoxy) is 1. The van der Waals surface area contributed by atoms with Crippen molar-refractivity contribution in [2.24, 2.45) is 5.92 Å². The van der Waals surface area contributed by atoms with E-state index in [-0.39, 0.29) is 16.7 Å². The summed E-state index contributed by atoms with van der Waals surface area (Å²) >= 11 is 0. The molecule has 0 radical (unpaired) electrons. The van der Waals surface area contributed by atoms with Crippen LogP contribution in [0.1, 0.15) is 34.6 Å². The molecule has 1 amide bonds. The van der Waals surface area contributed by atoms with E-state index in [4.69, 9.17) is 4.74 Å². The molecule has 0 saturated carbocycles. The molecule has 0 atom stereocenters. The van der Waals surface area contributed by atoms with Gasteiger partial charge in [0.1, 0.15) is 5.75 Å². The van der Waals surface area contributed by atoms with Crippen LogP contribution in [-0.4, -0.2) is 38.3 Å². The number of hydrogen-bond acceptors (Lipinski definition) is 4. The molecule has 6 nitrogen and oxygen atoms in total. The van der Waals surface area contributed by atoms with Crippen LogP contribution >= 0.6 is 0 Å². The van der Waals surface area contributed by atoms with Gasteiger partial charge in [0.15, 0.2) is 0 Å². The van der Waals surface area contributed by atoms with Crippen molar-refractivity contribution in [3.63, 3.8) is 0 Å². The van der Waals surface area contributed by atoms with Crippen LogP contribution in [0.5, 0.6) is 5.75 Å². The Hall–Kier alpha value is -1.60. The minimum atomic E-state index is -3.58. The highest BCUT2D eigenvalue weighted by Crippen LogP contribution is 2.29. The zero-order chi connectivity index (χ0) is 17.6. The second-order valence-corrected chi connectivity index (χ2v) is 7.26. The van der Waals surface area contributed by atoms with Gasteiger partial charge in [0.05, 0.1) is 17.2 Å². The highest BCUT2D eigenvalue weighted by Gasteiger charge is 2.23. The maximum absolute atomic E-state index is 12.6. The van der Waals surface area contributed by atoms with Crippen molar-refractivity contribution in [2.45, 2.75) is 39.5 Å². The van der Waals surface area contributed by atoms with Crippen LogP contribution in [0.2, 0.25) is 0 Å². The molecule has 0 aliphatic heterocycles. The molecule has 1 N–H and O–H groups in total. The number of benzene rings is 1. The fraction of sp³-hybridized carbons (Fsp3) is 0.562. The van der Waals surface area contributed by atoms with Gasteiger partial charge in [-0.1, -0.05) is 27.7 Å². The number of sulfonamides is 1. The zero-order valence-electron chi connectivity index (χ0n) is 14.4. The summed E-state index contributed by atoms with van der Waals surface area (Å²) in [5.74, 6) is 0.0517. The zero-order valence-corrected chi connectivity index (χ0v) is 15.2. The molecule has 1 rings (SSSR count). The molecule has 0 unspecified atom stereocenters. The second-order valence-electron chi connectivity index (χ2n) is 5.32. The van der Waals surface area contributed by atoms with Gasteiger partial charge in [0.2, 0.25) is 15.9 Å². The summed E-state index contributed by atoms with van der Waals surface area (Å²) in [6.07, 6.45) is 0. The lowest BCUT2D eigenvalue weighted by Crippen LogP contribution is -2.30. The Bertz CT molecular complexity index is 637. The van der Waals surface area contributed by atoms with E-state index >= 15 is 0 Å². The first-order valence-electron chi connectivity index (χ1n) is 7.85. The Morgan fingerprint density at radius 1 is 1.22 bits per heavy atom. The average Bonchev–Trinajstić information content (AvgIpc) is 2.49. The third-order valence-electron chi connectivity index (χ3n) is 3.38. The Morgan fingerprint density at radius 2 is 1.83 bits per heavy atom. The van der Waals surface area contributed by atoms with E-state index in [1.165, 1.54) is 16.4 Å². The first-order chi connectivity index (χ1) is 10.8. The third-order valence-corrected chi connectivity index (χ3v) is 5.42. The summed E-state index contributed by atoms with van der Waals surface area (Å²) in [6, 6.07) is 4.54. The normalized spacial score (nSPS) is 11.8. The van der Waals surface area contributed by atoms with Crippen molar-refractivity contribution in [1.82, 2.24) is 4.31 Å². The summed E-state index contributed by atoms with van der Waals surface area (Å²) in [6.45, 7) is 10.1. The molecule has 0 aliphatic rings. The fourth-order valence-electron chi connectivity index (χ4n) is 2.04. The van der Waals surface area contributed by atoms with Gasteiger partial charge in [-0.3, -0.25) is 4.79 Å². The number of amides is 1. The predicted octanol–water partition coefficient (Wildman–Crippen LogP) is 2.71. The molecule has 0 bridgehead atoms. The lowest BCUT2D eigenvalue weighted by molar-refractivity contribution is -0.118. The Morgan fingerprint density at radius 3 is 2.30 bits per heavy atom. The average molecular weight is 342 g/mol. The van der Waals surface area contributed by atoms with Gasteiger partial charge in [-0.25, -0.2) is 8.42 Å². The number of nitrogens with one attached hydrogen (secondary N) is 1. The van der Waals surface area contributed by atoms with E-state index in [9.17, 15) is 13.2 Å². The van der Waals surface area contributed by atoms with Gasteiger partial charge in [0.25, 0.3) is 0 Å². The monoisotopic (exact) mass is 342 g/mol. The second kappa shape index (κ2) is 8.31. The van der Waals surface area contributed by atoms with E-state index in [2.05, 4.69) is 5.32 Å². The van der Waals surface area contributed by atoms with Crippen LogP contribution in [-0.2, 0) is 14.8 Å². The molecule has 0 aromatic heterocycles. The predicted molar refractivity (Wildman–Crippen MR) is 91.2 cm³/mol. The molecule has 0 heterocycles. The van der Waals surface area contributed by atoms with Gasteiger partial charge in [0, 0.05) is 19.0 Å². The lowest BCUT2D eigenvalue weighted by atomic mass is 10.2. The standard InChI is InChI=1S/C16H26N2O4S/c1-6-18(7-2)23(20,21)13-9-10-15(22-8-3)14(11-13)17-16(19)12(4)5/h9-12H,6-8H2,1-5H3,(H,17,19). The molecule has 1 aromatic rings. The lowest BCUT2D eigenvalue weighted by Gasteiger charge is -2.20. The topological polar surface area (TPSA) is 75.7 Å². The van der Waals surface area contributed by atoms with Crippen molar-refractivity contribution in [1.29, 1.82) is 0 Å². The molecule has 0 saturated heterocycles. The molecule has 1 aromatic carbocycles. The van der Waals surface area contributed by atoms with Crippen LogP contribution in [0, 0.1) is 5.92 Å². The molecular formula is C16H26N2O4S. The van der Waals surface area contributed by atoms with E-state index in [0.29, 0.717) is 31.1 Å². The van der Waals surface area contributed by atoms with E-state index in [0.717, 1.165) is 0 Å². The number of carbonyl (C=O) groups excluding carboxylic acids is 1. The molecule has 0 spiro atoms. The van der Waals surface area contributed by atoms with Crippen LogP contribution in [0.4, 0.5) is 5.69 Å². The first kappa shape index (κ1) is 19.4. The summed E-state index contributed by atoms with van der Waals surface area (Å²) in [7, 11) is -3.58. The van der Waals surface area contributed by atoms with Crippen LogP contribution in [0.15, 0.2) is 23.1 Å². The van der Waals surface area contributed by atoms with E-state index in [1.807, 2.05) is 6.92 Å². The maximum Gasteiger partial charge on any atom is 0.243 e. The van der Waals surface area contributed by atoms with Gasteiger partial charge >= 0.3 is 0 Å². The smallest absolute Gasteiger partial charge is 0.243 e. The van der Waals surface area contributed by atoms with Crippen molar-refractivity contribution in [3.8, 4) is 5.75 Å². The Balaban J connectivity index is 3.30. The van der Waals surface area contributed by atoms with Gasteiger partial charge in [-0.05, 0) is 25.1 Å². The molecular weight excluding hydrogens is 316 g/mol. The number of nitrogens with zero attached hydrogens (tertiary/aromatic N) is 1. The fourth-order valence-corrected chi connectivity index (χ4v) is 3.52. The summed E-state index contributed by atoms with van der Waals surface area (Å²) in [5.41, 5.74) is 0.374. The number of rotatable bonds is 8. The number of anilines is 1. The molecule has 0 aliphatic carbocycles. The minimum Gasteiger partial charge on any atom is -0.492 e. The molecule has 130 valence electrons. The van der Waals surface area contributed by atoms with Gasteiger partial charge in [-0.15, -0.1) is 0 Å². The van der Waals surface area contributed by atoms with Crippen LogP contribution in [0.3, 0.4) is 0 Å². The maximum atomic E-state index is 12.6. The van der Waals surface area contributed by atoms with Crippen molar-refractivity contribution in [2.75, 3.05) is 25.0 Å². The quantitative estimate of drug-likeness (QED) is 0.788. The van der Waals surface area contributed by atoms with E-state index < -0.39 is 10.0 Å². The highest BCUT2D eigenvalue weighted by molar-refractivity contribution is 7.89. The summed E-state index contributed by atoms with van der Waals surface area (Å²) in [5, 5.41) is 2.74. The van der Waals surface area contributed by atoms with Crippen molar-refractivity contribution < 1.29 is 17.9 Å². The van der Waals surface area contributed by atoms with Gasteiger partial charge in [-0.2, -0.15) is 4.31 Å². The van der Waals surface area contributed by atoms with E-state index in [1.54, 1.807) is 33.8 Å². The summed E-state index contributed by atoms with van der Waals surface area (Å²) in [4.78, 5) is 12.1. The number of hydrogen-bond donors (Lipinski definition) is 1. The SMILES string of the molecule is CCOc1ccc(S(=O)(=O)N(CC)CC)cc1NC(=O)C(C)C. The minimum absolute atomic E-state index is 0.142. The molecule has 0 fully saturated rings. The van der Waals surface area contributed by atoms with Crippen molar-refractivity contribution >= 4 is 21.6 Å². The van der Waals surface area contributed by atoms with Crippen LogP contribution in [0.25, 0.3) is 0 Å². The Labute approximate surface area is 138 Å². The third kappa shape index (κ3) is 4.68. The van der Waals surface area contributed by atoms with Crippen molar-refractivity contribution in [3.05, 3.63) is 18.2 Å². The highest BCUT2D eigenvalue weighted by atomic mass is 32.2. The summed E-state index contributed by atoms with van der Waals surface area (Å²) < 4.78 is 32.1. The van der Waals surface area contributed by atoms with Gasteiger partial charge < -0.3 is 10.1 Å².